The van der Waals surface area contributed by atoms with Gasteiger partial charge in [-0.1, -0.05) is 0 Å². The van der Waals surface area contributed by atoms with Crippen molar-refractivity contribution in [2.24, 2.45) is 5.73 Å². The summed E-state index contributed by atoms with van der Waals surface area (Å²) in [4.78, 5) is 2.41. The van der Waals surface area contributed by atoms with Crippen molar-refractivity contribution in [2.75, 3.05) is 46.5 Å². The summed E-state index contributed by atoms with van der Waals surface area (Å²) >= 11 is 0. The van der Waals surface area contributed by atoms with Gasteiger partial charge in [0.15, 0.2) is 0 Å². The van der Waals surface area contributed by atoms with Crippen molar-refractivity contribution in [1.29, 1.82) is 0 Å². The summed E-state index contributed by atoms with van der Waals surface area (Å²) in [6, 6.07) is 0. The van der Waals surface area contributed by atoms with E-state index in [4.69, 9.17) is 15.2 Å². The number of likely N-dealkylation sites (tertiary alicyclic amines) is 1. The Balaban J connectivity index is 2.18. The van der Waals surface area contributed by atoms with Crippen molar-refractivity contribution in [3.05, 3.63) is 0 Å². The lowest BCUT2D eigenvalue weighted by atomic mass is 9.95. The minimum Gasteiger partial charge on any atom is -0.379 e. The number of nitrogens with zero attached hydrogens (tertiary/aromatic N) is 1. The fraction of sp³-hybridized carbons (Fsp3) is 1.00. The van der Waals surface area contributed by atoms with Crippen LogP contribution in [0.15, 0.2) is 0 Å². The molecule has 4 heteroatoms. The first-order valence-electron chi connectivity index (χ1n) is 5.75. The lowest BCUT2D eigenvalue weighted by Gasteiger charge is -2.39. The summed E-state index contributed by atoms with van der Waals surface area (Å²) in [6.07, 6.45) is 2.37. The highest BCUT2D eigenvalue weighted by atomic mass is 16.5. The van der Waals surface area contributed by atoms with Gasteiger partial charge >= 0.3 is 0 Å². The molecule has 1 unspecified atom stereocenters. The van der Waals surface area contributed by atoms with E-state index < -0.39 is 0 Å². The van der Waals surface area contributed by atoms with Crippen LogP contribution in [0, 0.1) is 0 Å². The standard InChI is InChI=1S/C11H24N2O2/c1-11(14-2)4-3-6-13(10-11)7-9-15-8-5-12/h3-10,12H2,1-2H3. The van der Waals surface area contributed by atoms with Crippen molar-refractivity contribution in [3.63, 3.8) is 0 Å². The van der Waals surface area contributed by atoms with Crippen LogP contribution in [0.4, 0.5) is 0 Å². The van der Waals surface area contributed by atoms with E-state index >= 15 is 0 Å². The molecule has 1 aliphatic heterocycles. The van der Waals surface area contributed by atoms with Crippen molar-refractivity contribution in [3.8, 4) is 0 Å². The van der Waals surface area contributed by atoms with Gasteiger partial charge in [-0.25, -0.2) is 0 Å². The molecule has 1 aliphatic rings. The highest BCUT2D eigenvalue weighted by Gasteiger charge is 2.30. The van der Waals surface area contributed by atoms with Gasteiger partial charge in [-0.15, -0.1) is 0 Å². The molecule has 0 aromatic carbocycles. The highest BCUT2D eigenvalue weighted by molar-refractivity contribution is 4.84. The Morgan fingerprint density at radius 1 is 1.40 bits per heavy atom. The lowest BCUT2D eigenvalue weighted by Crippen LogP contribution is -2.48. The Morgan fingerprint density at radius 2 is 2.20 bits per heavy atom. The third-order valence-corrected chi connectivity index (χ3v) is 3.04. The Bertz CT molecular complexity index is 178. The van der Waals surface area contributed by atoms with Crippen LogP contribution in [0.3, 0.4) is 0 Å². The predicted molar refractivity (Wildman–Crippen MR) is 61.0 cm³/mol. The number of nitrogens with two attached hydrogens (primary N) is 1. The molecule has 2 N–H and O–H groups in total. The fourth-order valence-electron chi connectivity index (χ4n) is 2.04. The van der Waals surface area contributed by atoms with Gasteiger partial charge in [0, 0.05) is 26.7 Å². The van der Waals surface area contributed by atoms with Crippen LogP contribution in [0.1, 0.15) is 19.8 Å². The molecule has 1 atom stereocenters. The summed E-state index contributed by atoms with van der Waals surface area (Å²) in [5.74, 6) is 0. The number of ether oxygens (including phenoxy) is 2. The Hall–Kier alpha value is -0.160. The smallest absolute Gasteiger partial charge is 0.0777 e. The van der Waals surface area contributed by atoms with Crippen LogP contribution < -0.4 is 5.73 Å². The SMILES string of the molecule is COC1(C)CCCN(CCOCCN)C1. The van der Waals surface area contributed by atoms with Crippen LogP contribution in [-0.4, -0.2) is 57.0 Å². The summed E-state index contributed by atoms with van der Waals surface area (Å²) in [5.41, 5.74) is 5.39. The summed E-state index contributed by atoms with van der Waals surface area (Å²) in [7, 11) is 1.80. The molecule has 1 rings (SSSR count). The van der Waals surface area contributed by atoms with Crippen molar-refractivity contribution >= 4 is 0 Å². The van der Waals surface area contributed by atoms with E-state index in [-0.39, 0.29) is 5.60 Å². The van der Waals surface area contributed by atoms with Gasteiger partial charge in [0.25, 0.3) is 0 Å². The third kappa shape index (κ3) is 4.47. The molecular weight excluding hydrogens is 192 g/mol. The number of hydrogen-bond donors (Lipinski definition) is 1. The molecule has 0 amide bonds. The van der Waals surface area contributed by atoms with Crippen molar-refractivity contribution < 1.29 is 9.47 Å². The molecule has 0 radical (unpaired) electrons. The maximum Gasteiger partial charge on any atom is 0.0777 e. The van der Waals surface area contributed by atoms with Gasteiger partial charge in [-0.05, 0) is 26.3 Å². The largest absolute Gasteiger partial charge is 0.379 e. The zero-order valence-electron chi connectivity index (χ0n) is 10.00. The van der Waals surface area contributed by atoms with E-state index in [1.165, 1.54) is 6.42 Å². The molecule has 15 heavy (non-hydrogen) atoms. The molecule has 4 nitrogen and oxygen atoms in total. The molecule has 90 valence electrons. The fourth-order valence-corrected chi connectivity index (χ4v) is 2.04. The van der Waals surface area contributed by atoms with E-state index in [9.17, 15) is 0 Å². The van der Waals surface area contributed by atoms with Crippen LogP contribution >= 0.6 is 0 Å². The maximum atomic E-state index is 5.53. The quantitative estimate of drug-likeness (QED) is 0.655. The number of piperidine rings is 1. The van der Waals surface area contributed by atoms with Gasteiger partial charge in [0.05, 0.1) is 18.8 Å². The predicted octanol–water partition coefficient (Wildman–Crippen LogP) is 0.463. The zero-order valence-corrected chi connectivity index (χ0v) is 10.00. The van der Waals surface area contributed by atoms with Crippen molar-refractivity contribution in [2.45, 2.75) is 25.4 Å². The summed E-state index contributed by atoms with van der Waals surface area (Å²) in [5, 5.41) is 0. The monoisotopic (exact) mass is 216 g/mol. The minimum atomic E-state index is 0.0338. The second-order valence-electron chi connectivity index (χ2n) is 4.43. The van der Waals surface area contributed by atoms with Crippen LogP contribution in [-0.2, 0) is 9.47 Å². The molecule has 0 aromatic heterocycles. The second kappa shape index (κ2) is 6.43. The normalized spacial score (nSPS) is 28.2. The Labute approximate surface area is 92.7 Å². The van der Waals surface area contributed by atoms with E-state index in [2.05, 4.69) is 11.8 Å². The molecule has 0 saturated carbocycles. The Kier molecular flexibility index (Phi) is 5.53. The molecule has 1 saturated heterocycles. The van der Waals surface area contributed by atoms with Crippen LogP contribution in [0.2, 0.25) is 0 Å². The average molecular weight is 216 g/mol. The van der Waals surface area contributed by atoms with Crippen LogP contribution in [0.5, 0.6) is 0 Å². The number of rotatable bonds is 6. The topological polar surface area (TPSA) is 47.7 Å². The Morgan fingerprint density at radius 3 is 2.87 bits per heavy atom. The highest BCUT2D eigenvalue weighted by Crippen LogP contribution is 2.23. The van der Waals surface area contributed by atoms with E-state index in [1.807, 2.05) is 0 Å². The van der Waals surface area contributed by atoms with E-state index in [0.29, 0.717) is 13.2 Å². The average Bonchev–Trinajstić information content (AvgIpc) is 2.25. The first-order chi connectivity index (χ1) is 7.20. The molecule has 0 bridgehead atoms. The first kappa shape index (κ1) is 12.9. The summed E-state index contributed by atoms with van der Waals surface area (Å²) in [6.45, 7) is 7.38. The molecule has 1 fully saturated rings. The molecular formula is C11H24N2O2. The van der Waals surface area contributed by atoms with E-state index in [0.717, 1.165) is 32.7 Å². The number of hydrogen-bond acceptors (Lipinski definition) is 4. The summed E-state index contributed by atoms with van der Waals surface area (Å²) < 4.78 is 10.9. The third-order valence-electron chi connectivity index (χ3n) is 3.04. The zero-order chi connectivity index (χ0) is 11.1. The van der Waals surface area contributed by atoms with E-state index in [1.54, 1.807) is 7.11 Å². The van der Waals surface area contributed by atoms with Crippen LogP contribution in [0.25, 0.3) is 0 Å². The van der Waals surface area contributed by atoms with Gasteiger partial charge in [0.2, 0.25) is 0 Å². The minimum absolute atomic E-state index is 0.0338. The van der Waals surface area contributed by atoms with Gasteiger partial charge in [0.1, 0.15) is 0 Å². The maximum absolute atomic E-state index is 5.53. The van der Waals surface area contributed by atoms with Gasteiger partial charge in [-0.2, -0.15) is 0 Å². The van der Waals surface area contributed by atoms with Gasteiger partial charge < -0.3 is 15.2 Å². The molecule has 1 heterocycles. The molecule has 0 aromatic rings. The first-order valence-corrected chi connectivity index (χ1v) is 5.75. The lowest BCUT2D eigenvalue weighted by molar-refractivity contribution is -0.0552. The number of methoxy groups -OCH3 is 1. The van der Waals surface area contributed by atoms with Gasteiger partial charge in [-0.3, -0.25) is 4.90 Å². The molecule has 0 aliphatic carbocycles. The molecule has 0 spiro atoms. The van der Waals surface area contributed by atoms with Crippen molar-refractivity contribution in [1.82, 2.24) is 4.90 Å². The second-order valence-corrected chi connectivity index (χ2v) is 4.43.